The van der Waals surface area contributed by atoms with Crippen molar-refractivity contribution in [2.24, 2.45) is 0 Å². The summed E-state index contributed by atoms with van der Waals surface area (Å²) >= 11 is 5.87. The molecule has 1 aliphatic heterocycles. The van der Waals surface area contributed by atoms with E-state index in [0.29, 0.717) is 17.9 Å². The minimum atomic E-state index is -0.178. The molecule has 0 aliphatic carbocycles. The highest BCUT2D eigenvalue weighted by atomic mass is 35.5. The van der Waals surface area contributed by atoms with E-state index >= 15 is 0 Å². The Hall–Kier alpha value is -2.16. The van der Waals surface area contributed by atoms with Crippen LogP contribution in [0.15, 0.2) is 24.4 Å². The number of nitrogens with one attached hydrogen (secondary N) is 1. The highest BCUT2D eigenvalue weighted by Crippen LogP contribution is 2.41. The van der Waals surface area contributed by atoms with Gasteiger partial charge in [0.15, 0.2) is 0 Å². The molecule has 22 heavy (non-hydrogen) atoms. The molecule has 2 heterocycles. The van der Waals surface area contributed by atoms with Gasteiger partial charge in [-0.15, -0.1) is 0 Å². The Morgan fingerprint density at radius 1 is 1.50 bits per heavy atom. The summed E-state index contributed by atoms with van der Waals surface area (Å²) in [5.41, 5.74) is 3.92. The number of fused-ring (bicyclic) bond motifs is 1. The molecule has 1 aromatic carbocycles. The van der Waals surface area contributed by atoms with Crippen molar-refractivity contribution in [2.75, 3.05) is 25.6 Å². The van der Waals surface area contributed by atoms with Crippen LogP contribution < -0.4 is 5.32 Å². The summed E-state index contributed by atoms with van der Waals surface area (Å²) in [6, 6.07) is 7.91. The maximum atomic E-state index is 9.45. The second-order valence-corrected chi connectivity index (χ2v) is 5.95. The topological polar surface area (TPSA) is 70.8 Å². The zero-order valence-electron chi connectivity index (χ0n) is 12.4. The highest BCUT2D eigenvalue weighted by Gasteiger charge is 2.36. The molecule has 0 radical (unpaired) electrons. The lowest BCUT2D eigenvalue weighted by Crippen LogP contribution is -2.29. The molecule has 0 spiro atoms. The number of nitrogens with zero attached hydrogens (tertiary/aromatic N) is 3. The minimum Gasteiger partial charge on any atom is -0.384 e. The zero-order chi connectivity index (χ0) is 15.7. The first-order valence-electron chi connectivity index (χ1n) is 6.88. The molecule has 2 aromatic rings. The van der Waals surface area contributed by atoms with Crippen LogP contribution in [0.3, 0.4) is 0 Å². The molecule has 1 aromatic heterocycles. The molecular formula is C16H15ClN4O. The molecule has 6 heteroatoms. The van der Waals surface area contributed by atoms with E-state index in [1.165, 1.54) is 0 Å². The van der Waals surface area contributed by atoms with E-state index in [1.54, 1.807) is 19.4 Å². The van der Waals surface area contributed by atoms with Gasteiger partial charge < -0.3 is 10.1 Å². The van der Waals surface area contributed by atoms with Gasteiger partial charge in [-0.05, 0) is 35.4 Å². The second-order valence-electron chi connectivity index (χ2n) is 5.62. The third kappa shape index (κ3) is 2.41. The van der Waals surface area contributed by atoms with Gasteiger partial charge in [0.2, 0.25) is 5.28 Å². The highest BCUT2D eigenvalue weighted by molar-refractivity contribution is 6.28. The van der Waals surface area contributed by atoms with Gasteiger partial charge in [0, 0.05) is 30.8 Å². The molecule has 112 valence electrons. The van der Waals surface area contributed by atoms with Gasteiger partial charge in [0.25, 0.3) is 0 Å². The first-order chi connectivity index (χ1) is 10.6. The van der Waals surface area contributed by atoms with Gasteiger partial charge in [0.1, 0.15) is 6.07 Å². The second kappa shape index (κ2) is 5.56. The van der Waals surface area contributed by atoms with Crippen molar-refractivity contribution in [3.63, 3.8) is 0 Å². The molecule has 0 saturated carbocycles. The first kappa shape index (κ1) is 14.8. The average molecular weight is 315 g/mol. The number of methoxy groups -OCH3 is 1. The lowest BCUT2D eigenvalue weighted by Gasteiger charge is -2.23. The van der Waals surface area contributed by atoms with E-state index in [1.807, 2.05) is 12.1 Å². The molecule has 1 atom stereocenters. The number of aromatic nitrogens is 2. The summed E-state index contributed by atoms with van der Waals surface area (Å²) in [6.07, 6.45) is 1.61. The van der Waals surface area contributed by atoms with E-state index in [0.717, 1.165) is 23.4 Å². The normalized spacial score (nSPS) is 19.4. The van der Waals surface area contributed by atoms with Crippen molar-refractivity contribution in [1.29, 1.82) is 5.26 Å². The Morgan fingerprint density at radius 2 is 2.32 bits per heavy atom. The number of hydrogen-bond donors (Lipinski definition) is 1. The lowest BCUT2D eigenvalue weighted by molar-refractivity contribution is 0.147. The van der Waals surface area contributed by atoms with Gasteiger partial charge in [-0.25, -0.2) is 9.97 Å². The number of nitriles is 1. The smallest absolute Gasteiger partial charge is 0.222 e. The summed E-state index contributed by atoms with van der Waals surface area (Å²) in [5.74, 6) is 0. The lowest BCUT2D eigenvalue weighted by atomic mass is 9.83. The number of benzene rings is 1. The van der Waals surface area contributed by atoms with Crippen LogP contribution in [0.1, 0.15) is 18.1 Å². The van der Waals surface area contributed by atoms with Crippen molar-refractivity contribution in [1.82, 2.24) is 9.97 Å². The third-order valence-electron chi connectivity index (χ3n) is 3.95. The number of hydrogen-bond acceptors (Lipinski definition) is 5. The van der Waals surface area contributed by atoms with Gasteiger partial charge >= 0.3 is 0 Å². The summed E-state index contributed by atoms with van der Waals surface area (Å²) in [4.78, 5) is 8.13. The van der Waals surface area contributed by atoms with E-state index in [9.17, 15) is 5.26 Å². The van der Waals surface area contributed by atoms with Crippen LogP contribution in [0.2, 0.25) is 5.28 Å². The largest absolute Gasteiger partial charge is 0.384 e. The van der Waals surface area contributed by atoms with Crippen molar-refractivity contribution >= 4 is 17.3 Å². The van der Waals surface area contributed by atoms with Gasteiger partial charge in [-0.3, -0.25) is 0 Å². The fourth-order valence-electron chi connectivity index (χ4n) is 2.87. The fourth-order valence-corrected chi connectivity index (χ4v) is 3.01. The van der Waals surface area contributed by atoms with Crippen LogP contribution in [0.5, 0.6) is 0 Å². The van der Waals surface area contributed by atoms with Crippen LogP contribution >= 0.6 is 11.6 Å². The van der Waals surface area contributed by atoms with Crippen LogP contribution in [-0.4, -0.2) is 30.2 Å². The third-order valence-corrected chi connectivity index (χ3v) is 4.13. The van der Waals surface area contributed by atoms with E-state index in [-0.39, 0.29) is 10.7 Å². The summed E-state index contributed by atoms with van der Waals surface area (Å²) in [7, 11) is 1.68. The molecule has 0 bridgehead atoms. The Balaban J connectivity index is 2.18. The van der Waals surface area contributed by atoms with Crippen LogP contribution in [0, 0.1) is 11.3 Å². The van der Waals surface area contributed by atoms with E-state index in [4.69, 9.17) is 16.3 Å². The average Bonchev–Trinajstić information content (AvgIpc) is 2.84. The molecule has 1 aliphatic rings. The SMILES string of the molecule is COCC1(C)CNc2c(C#N)cc(-c3ccnc(Cl)n3)cc21. The summed E-state index contributed by atoms with van der Waals surface area (Å²) < 4.78 is 5.35. The maximum absolute atomic E-state index is 9.45. The molecule has 0 saturated heterocycles. The summed E-state index contributed by atoms with van der Waals surface area (Å²) in [5, 5.41) is 13.0. The molecule has 1 unspecified atom stereocenters. The maximum Gasteiger partial charge on any atom is 0.222 e. The number of halogens is 1. The van der Waals surface area contributed by atoms with E-state index in [2.05, 4.69) is 28.3 Å². The molecule has 0 fully saturated rings. The minimum absolute atomic E-state index is 0.178. The number of anilines is 1. The monoisotopic (exact) mass is 314 g/mol. The van der Waals surface area contributed by atoms with Crippen LogP contribution in [0.4, 0.5) is 5.69 Å². The molecule has 5 nitrogen and oxygen atoms in total. The first-order valence-corrected chi connectivity index (χ1v) is 7.25. The Bertz CT molecular complexity index is 771. The molecule has 0 amide bonds. The van der Waals surface area contributed by atoms with Gasteiger partial charge in [-0.2, -0.15) is 5.26 Å². The summed E-state index contributed by atoms with van der Waals surface area (Å²) in [6.45, 7) is 3.43. The van der Waals surface area contributed by atoms with Gasteiger partial charge in [0.05, 0.1) is 23.6 Å². The van der Waals surface area contributed by atoms with E-state index < -0.39 is 0 Å². The van der Waals surface area contributed by atoms with Gasteiger partial charge in [-0.1, -0.05) is 6.92 Å². The van der Waals surface area contributed by atoms with Crippen molar-refractivity contribution < 1.29 is 4.74 Å². The van der Waals surface area contributed by atoms with Crippen molar-refractivity contribution in [3.8, 4) is 17.3 Å². The van der Waals surface area contributed by atoms with Crippen LogP contribution in [0.25, 0.3) is 11.3 Å². The number of ether oxygens (including phenoxy) is 1. The van der Waals surface area contributed by atoms with Crippen molar-refractivity contribution in [2.45, 2.75) is 12.3 Å². The predicted octanol–water partition coefficient (Wildman–Crippen LogP) is 3.00. The fraction of sp³-hybridized carbons (Fsp3) is 0.312. The zero-order valence-corrected chi connectivity index (χ0v) is 13.1. The Labute approximate surface area is 133 Å². The molecular weight excluding hydrogens is 300 g/mol. The quantitative estimate of drug-likeness (QED) is 0.882. The standard InChI is InChI=1S/C16H15ClN4O/c1-16(9-22-2)8-20-14-11(7-18)5-10(6-12(14)16)13-3-4-19-15(17)21-13/h3-6,20H,8-9H2,1-2H3. The predicted molar refractivity (Wildman–Crippen MR) is 84.9 cm³/mol. The Morgan fingerprint density at radius 3 is 3.00 bits per heavy atom. The Kier molecular flexibility index (Phi) is 3.73. The van der Waals surface area contributed by atoms with Crippen LogP contribution in [-0.2, 0) is 10.2 Å². The number of rotatable bonds is 3. The molecule has 3 rings (SSSR count). The molecule has 1 N–H and O–H groups in total. The van der Waals surface area contributed by atoms with Crippen molar-refractivity contribution in [3.05, 3.63) is 40.8 Å².